The third kappa shape index (κ3) is 8.89. The van der Waals surface area contributed by atoms with Gasteiger partial charge in [0.2, 0.25) is 0 Å². The number of ether oxygens (including phenoxy) is 2. The Morgan fingerprint density at radius 1 is 0.814 bits per heavy atom. The van der Waals surface area contributed by atoms with Gasteiger partial charge in [0.05, 0.1) is 35.5 Å². The molecular weight excluding hydrogens is 716 g/mol. The molecule has 17 heteroatoms. The second-order valence-electron chi connectivity index (χ2n) is 8.44. The molecule has 0 spiro atoms. The van der Waals surface area contributed by atoms with Gasteiger partial charge < -0.3 is 9.47 Å². The second-order valence-corrected chi connectivity index (χ2v) is 11.2. The van der Waals surface area contributed by atoms with Crippen LogP contribution < -0.4 is 20.3 Å². The molecule has 0 aliphatic heterocycles. The molecule has 0 bridgehead atoms. The number of thiophene rings is 1. The van der Waals surface area contributed by atoms with E-state index in [0.29, 0.717) is 32.9 Å². The largest absolute Gasteiger partial charge is 0.488 e. The van der Waals surface area contributed by atoms with E-state index in [4.69, 9.17) is 9.47 Å². The molecule has 43 heavy (non-hydrogen) atoms. The molecule has 0 saturated heterocycles. The standard InChI is InChI=1S/C26H24Br2N6O8S/c1-3-9-41-21-22(42-10-4-2)24(26(36)32-30-14-16-12-18(34(39)40)6-8-20(16)28)43-23(21)25(35)31-29-13-15-11-17(33(37)38)5-7-19(15)27/h5-8,11-14H,3-4,9-10H2,1-2H3,(H,31,35)(H,32,36)/b29-13-,30-14-. The first-order valence-electron chi connectivity index (χ1n) is 12.5. The van der Waals surface area contributed by atoms with E-state index in [9.17, 15) is 29.8 Å². The van der Waals surface area contributed by atoms with Gasteiger partial charge >= 0.3 is 0 Å². The van der Waals surface area contributed by atoms with Crippen molar-refractivity contribution < 1.29 is 28.9 Å². The molecule has 0 saturated carbocycles. The van der Waals surface area contributed by atoms with Crippen molar-refractivity contribution in [2.75, 3.05) is 13.2 Å². The van der Waals surface area contributed by atoms with Crippen molar-refractivity contribution in [3.63, 3.8) is 0 Å². The van der Waals surface area contributed by atoms with E-state index in [1.165, 1.54) is 48.8 Å². The van der Waals surface area contributed by atoms with Gasteiger partial charge in [0, 0.05) is 44.3 Å². The fourth-order valence-corrected chi connectivity index (χ4v) is 4.95. The number of amides is 2. The number of carbonyl (C=O) groups is 2. The molecule has 0 radical (unpaired) electrons. The number of nitrogens with one attached hydrogen (secondary N) is 2. The number of nitrogens with zero attached hydrogens (tertiary/aromatic N) is 4. The summed E-state index contributed by atoms with van der Waals surface area (Å²) < 4.78 is 12.7. The van der Waals surface area contributed by atoms with Crippen LogP contribution in [0, 0.1) is 20.2 Å². The quantitative estimate of drug-likeness (QED) is 0.111. The Hall–Kier alpha value is -4.22. The molecule has 2 amide bonds. The molecule has 3 aromatic rings. The summed E-state index contributed by atoms with van der Waals surface area (Å²) in [6.45, 7) is 4.19. The highest BCUT2D eigenvalue weighted by Gasteiger charge is 2.29. The predicted molar refractivity (Wildman–Crippen MR) is 168 cm³/mol. The first kappa shape index (κ1) is 33.3. The molecule has 1 heterocycles. The normalized spacial score (nSPS) is 11.1. The van der Waals surface area contributed by atoms with Crippen LogP contribution in [0.2, 0.25) is 0 Å². The van der Waals surface area contributed by atoms with Crippen LogP contribution in [0.4, 0.5) is 11.4 Å². The molecule has 3 rings (SSSR count). The van der Waals surface area contributed by atoms with Crippen LogP contribution in [-0.2, 0) is 0 Å². The number of hydrazone groups is 2. The Balaban J connectivity index is 1.90. The highest BCUT2D eigenvalue weighted by atomic mass is 79.9. The van der Waals surface area contributed by atoms with Gasteiger partial charge in [-0.25, -0.2) is 10.9 Å². The maximum atomic E-state index is 13.2. The smallest absolute Gasteiger partial charge is 0.285 e. The maximum Gasteiger partial charge on any atom is 0.285 e. The first-order valence-corrected chi connectivity index (χ1v) is 14.9. The minimum atomic E-state index is -0.710. The summed E-state index contributed by atoms with van der Waals surface area (Å²) in [5.74, 6) is -1.31. The van der Waals surface area contributed by atoms with Crippen LogP contribution in [0.3, 0.4) is 0 Å². The van der Waals surface area contributed by atoms with Crippen LogP contribution in [0.15, 0.2) is 55.5 Å². The molecule has 2 aromatic carbocycles. The maximum absolute atomic E-state index is 13.2. The van der Waals surface area contributed by atoms with Gasteiger partial charge in [0.15, 0.2) is 11.5 Å². The van der Waals surface area contributed by atoms with Crippen molar-refractivity contribution >= 4 is 78.8 Å². The van der Waals surface area contributed by atoms with E-state index in [1.807, 2.05) is 13.8 Å². The zero-order valence-corrected chi connectivity index (χ0v) is 26.7. The molecule has 226 valence electrons. The Kier molecular flexibility index (Phi) is 12.3. The third-order valence-electron chi connectivity index (χ3n) is 5.26. The monoisotopic (exact) mass is 738 g/mol. The first-order chi connectivity index (χ1) is 20.6. The number of benzene rings is 2. The lowest BCUT2D eigenvalue weighted by Crippen LogP contribution is -2.17. The molecule has 0 aliphatic rings. The second kappa shape index (κ2) is 15.9. The van der Waals surface area contributed by atoms with Gasteiger partial charge in [-0.2, -0.15) is 10.2 Å². The van der Waals surface area contributed by atoms with Gasteiger partial charge in [-0.1, -0.05) is 45.7 Å². The van der Waals surface area contributed by atoms with E-state index < -0.39 is 21.7 Å². The van der Waals surface area contributed by atoms with Crippen molar-refractivity contribution in [2.45, 2.75) is 26.7 Å². The lowest BCUT2D eigenvalue weighted by Gasteiger charge is -2.10. The van der Waals surface area contributed by atoms with Crippen molar-refractivity contribution in [3.8, 4) is 11.5 Å². The summed E-state index contributed by atoms with van der Waals surface area (Å²) in [6, 6.07) is 8.18. The minimum Gasteiger partial charge on any atom is -0.488 e. The van der Waals surface area contributed by atoms with Crippen molar-refractivity contribution in [1.29, 1.82) is 0 Å². The highest BCUT2D eigenvalue weighted by Crippen LogP contribution is 2.43. The molecule has 14 nitrogen and oxygen atoms in total. The summed E-state index contributed by atoms with van der Waals surface area (Å²) >= 11 is 7.36. The fourth-order valence-electron chi connectivity index (χ4n) is 3.28. The van der Waals surface area contributed by atoms with E-state index in [2.05, 4.69) is 52.9 Å². The number of non-ortho nitro benzene ring substituents is 2. The van der Waals surface area contributed by atoms with Gasteiger partial charge in [-0.05, 0) is 25.0 Å². The SMILES string of the molecule is CCCOc1c(C(=O)N/N=C\c2cc([N+](=O)[O-])ccc2Br)sc(C(=O)N/N=C\c2cc([N+](=O)[O-])ccc2Br)c1OCCC. The van der Waals surface area contributed by atoms with Gasteiger partial charge in [-0.15, -0.1) is 11.3 Å². The summed E-state index contributed by atoms with van der Waals surface area (Å²) in [7, 11) is 0. The molecule has 0 fully saturated rings. The van der Waals surface area contributed by atoms with Crippen LogP contribution in [0.25, 0.3) is 0 Å². The summed E-state index contributed by atoms with van der Waals surface area (Å²) in [5, 5.41) is 30.0. The molecule has 1 aromatic heterocycles. The molecule has 2 N–H and O–H groups in total. The van der Waals surface area contributed by atoms with E-state index >= 15 is 0 Å². The topological polar surface area (TPSA) is 188 Å². The predicted octanol–water partition coefficient (Wildman–Crippen LogP) is 6.19. The number of hydrogen-bond donors (Lipinski definition) is 2. The van der Waals surface area contributed by atoms with Crippen molar-refractivity contribution in [2.24, 2.45) is 10.2 Å². The Bertz CT molecular complexity index is 1480. The number of carbonyl (C=O) groups excluding carboxylic acids is 2. The van der Waals surface area contributed by atoms with Crippen LogP contribution in [0.5, 0.6) is 11.5 Å². The van der Waals surface area contributed by atoms with Gasteiger partial charge in [-0.3, -0.25) is 29.8 Å². The number of hydrogen-bond acceptors (Lipinski definition) is 11. The average Bonchev–Trinajstić information content (AvgIpc) is 3.34. The van der Waals surface area contributed by atoms with Crippen LogP contribution >= 0.6 is 43.2 Å². The zero-order chi connectivity index (χ0) is 31.5. The van der Waals surface area contributed by atoms with E-state index in [1.54, 1.807) is 0 Å². The Labute approximate surface area is 265 Å². The summed E-state index contributed by atoms with van der Waals surface area (Å²) in [6.07, 6.45) is 3.68. The van der Waals surface area contributed by atoms with Gasteiger partial charge in [0.1, 0.15) is 9.75 Å². The summed E-state index contributed by atoms with van der Waals surface area (Å²) in [5.41, 5.74) is 5.10. The van der Waals surface area contributed by atoms with Crippen LogP contribution in [-0.4, -0.2) is 47.3 Å². The molecule has 0 atom stereocenters. The minimum absolute atomic E-state index is 0.00497. The fraction of sp³-hybridized carbons (Fsp3) is 0.231. The van der Waals surface area contributed by atoms with Gasteiger partial charge in [0.25, 0.3) is 23.2 Å². The summed E-state index contributed by atoms with van der Waals surface area (Å²) in [4.78, 5) is 47.4. The number of rotatable bonds is 14. The van der Waals surface area contributed by atoms with E-state index in [-0.39, 0.29) is 45.8 Å². The van der Waals surface area contributed by atoms with Crippen LogP contribution in [0.1, 0.15) is 57.2 Å². The number of halogens is 2. The molecular formula is C26H24Br2N6O8S. The zero-order valence-electron chi connectivity index (χ0n) is 22.7. The lowest BCUT2D eigenvalue weighted by atomic mass is 10.2. The number of nitro benzene ring substituents is 2. The number of nitro groups is 2. The Morgan fingerprint density at radius 2 is 1.21 bits per heavy atom. The third-order valence-corrected chi connectivity index (χ3v) is 7.85. The average molecular weight is 740 g/mol. The highest BCUT2D eigenvalue weighted by molar-refractivity contribution is 9.10. The molecule has 0 aliphatic carbocycles. The lowest BCUT2D eigenvalue weighted by molar-refractivity contribution is -0.385. The molecule has 0 unspecified atom stereocenters. The van der Waals surface area contributed by atoms with Crippen molar-refractivity contribution in [3.05, 3.63) is 86.5 Å². The van der Waals surface area contributed by atoms with E-state index in [0.717, 1.165) is 11.3 Å². The Morgan fingerprint density at radius 3 is 1.56 bits per heavy atom. The van der Waals surface area contributed by atoms with Crippen molar-refractivity contribution in [1.82, 2.24) is 10.9 Å².